The number of aromatic nitrogens is 1. The van der Waals surface area contributed by atoms with E-state index >= 15 is 0 Å². The van der Waals surface area contributed by atoms with E-state index in [4.69, 9.17) is 14.2 Å². The first-order valence-corrected chi connectivity index (χ1v) is 11.2. The monoisotopic (exact) mass is 464 g/mol. The van der Waals surface area contributed by atoms with Crippen LogP contribution in [0.15, 0.2) is 63.5 Å². The van der Waals surface area contributed by atoms with Gasteiger partial charge < -0.3 is 19.3 Å². The molecule has 0 saturated heterocycles. The van der Waals surface area contributed by atoms with Crippen molar-refractivity contribution in [1.82, 2.24) is 4.57 Å². The summed E-state index contributed by atoms with van der Waals surface area (Å²) in [5.74, 6) is 0.786. The maximum Gasteiger partial charge on any atom is 0.338 e. The van der Waals surface area contributed by atoms with Gasteiger partial charge in [-0.25, -0.2) is 9.79 Å². The molecule has 3 heterocycles. The molecule has 0 aliphatic carbocycles. The fraction of sp³-hybridized carbons (Fsp3) is 0.208. The minimum atomic E-state index is -0.725. The number of nitrogens with zero attached hydrogens (tertiary/aromatic N) is 2. The maximum absolute atomic E-state index is 13.5. The number of rotatable bonds is 4. The van der Waals surface area contributed by atoms with Crippen LogP contribution in [-0.2, 0) is 9.53 Å². The summed E-state index contributed by atoms with van der Waals surface area (Å²) < 4.78 is 18.2. The number of carbonyl (C=O) groups excluding carboxylic acids is 1. The minimum Gasteiger partial charge on any atom is -0.508 e. The average Bonchev–Trinajstić information content (AvgIpc) is 3.38. The highest BCUT2D eigenvalue weighted by atomic mass is 32.1. The molecule has 1 unspecified atom stereocenters. The van der Waals surface area contributed by atoms with Crippen LogP contribution in [0.3, 0.4) is 0 Å². The first-order valence-electron chi connectivity index (χ1n) is 10.3. The quantitative estimate of drug-likeness (QED) is 0.595. The van der Waals surface area contributed by atoms with Gasteiger partial charge >= 0.3 is 5.97 Å². The largest absolute Gasteiger partial charge is 0.508 e. The summed E-state index contributed by atoms with van der Waals surface area (Å²) in [6, 6.07) is 11.2. The Hall–Kier alpha value is -3.85. The third kappa shape index (κ3) is 3.70. The van der Waals surface area contributed by atoms with Crippen molar-refractivity contribution in [3.63, 3.8) is 0 Å². The van der Waals surface area contributed by atoms with Crippen molar-refractivity contribution in [3.8, 4) is 17.2 Å². The fourth-order valence-electron chi connectivity index (χ4n) is 3.91. The van der Waals surface area contributed by atoms with Crippen LogP contribution in [0.2, 0.25) is 0 Å². The Bertz CT molecular complexity index is 1470. The van der Waals surface area contributed by atoms with Gasteiger partial charge in [0.15, 0.2) is 16.3 Å². The molecule has 8 nitrogen and oxygen atoms in total. The van der Waals surface area contributed by atoms with E-state index in [9.17, 15) is 14.7 Å². The summed E-state index contributed by atoms with van der Waals surface area (Å²) in [7, 11) is 0. The molecule has 1 aromatic heterocycles. The van der Waals surface area contributed by atoms with Crippen LogP contribution in [0.5, 0.6) is 17.2 Å². The summed E-state index contributed by atoms with van der Waals surface area (Å²) in [5.41, 5.74) is 1.98. The van der Waals surface area contributed by atoms with Gasteiger partial charge in [-0.3, -0.25) is 9.36 Å². The number of fused-ring (bicyclic) bond motifs is 2. The predicted octanol–water partition coefficient (Wildman–Crippen LogP) is 2.23. The molecule has 0 radical (unpaired) electrons. The van der Waals surface area contributed by atoms with Crippen molar-refractivity contribution < 1.29 is 24.1 Å². The van der Waals surface area contributed by atoms with Crippen molar-refractivity contribution in [2.75, 3.05) is 13.4 Å². The van der Waals surface area contributed by atoms with Crippen molar-refractivity contribution >= 4 is 23.4 Å². The second-order valence-electron chi connectivity index (χ2n) is 7.51. The van der Waals surface area contributed by atoms with Gasteiger partial charge in [0.05, 0.1) is 28.5 Å². The molecular weight excluding hydrogens is 444 g/mol. The fourth-order valence-corrected chi connectivity index (χ4v) is 4.96. The van der Waals surface area contributed by atoms with Crippen molar-refractivity contribution in [1.29, 1.82) is 0 Å². The van der Waals surface area contributed by atoms with E-state index in [1.807, 2.05) is 6.07 Å². The van der Waals surface area contributed by atoms with Crippen molar-refractivity contribution in [3.05, 3.63) is 84.5 Å². The van der Waals surface area contributed by atoms with Crippen LogP contribution in [0.25, 0.3) is 6.08 Å². The van der Waals surface area contributed by atoms with Crippen LogP contribution >= 0.6 is 11.3 Å². The third-order valence-electron chi connectivity index (χ3n) is 5.42. The zero-order valence-corrected chi connectivity index (χ0v) is 18.7. The van der Waals surface area contributed by atoms with Crippen molar-refractivity contribution in [2.45, 2.75) is 19.9 Å². The van der Waals surface area contributed by atoms with Gasteiger partial charge in [0.2, 0.25) is 6.79 Å². The maximum atomic E-state index is 13.5. The van der Waals surface area contributed by atoms with Gasteiger partial charge in [-0.05, 0) is 55.3 Å². The molecule has 0 spiro atoms. The second-order valence-corrected chi connectivity index (χ2v) is 8.52. The Kier molecular flexibility index (Phi) is 5.26. The smallest absolute Gasteiger partial charge is 0.338 e. The number of phenols is 1. The zero-order valence-electron chi connectivity index (χ0n) is 17.9. The molecule has 1 atom stereocenters. The number of hydrogen-bond acceptors (Lipinski definition) is 8. The number of allylic oxidation sites excluding steroid dienone is 1. The topological polar surface area (TPSA) is 99.4 Å². The summed E-state index contributed by atoms with van der Waals surface area (Å²) in [6.45, 7) is 3.79. The molecule has 9 heteroatoms. The number of aromatic hydroxyl groups is 1. The number of esters is 1. The summed E-state index contributed by atoms with van der Waals surface area (Å²) in [5, 5.41) is 9.53. The molecule has 3 aromatic rings. The van der Waals surface area contributed by atoms with Crippen molar-refractivity contribution in [2.24, 2.45) is 4.99 Å². The van der Waals surface area contributed by atoms with E-state index in [-0.39, 0.29) is 24.7 Å². The number of carbonyl (C=O) groups is 1. The predicted molar refractivity (Wildman–Crippen MR) is 121 cm³/mol. The van der Waals surface area contributed by atoms with Gasteiger partial charge in [-0.15, -0.1) is 0 Å². The molecule has 33 heavy (non-hydrogen) atoms. The molecular formula is C24H20N2O6S. The lowest BCUT2D eigenvalue weighted by Gasteiger charge is -2.24. The second kappa shape index (κ2) is 8.25. The normalized spacial score (nSPS) is 17.0. The lowest BCUT2D eigenvalue weighted by atomic mass is 9.95. The van der Waals surface area contributed by atoms with Crippen LogP contribution in [-0.4, -0.2) is 29.0 Å². The summed E-state index contributed by atoms with van der Waals surface area (Å²) in [6.07, 6.45) is 1.74. The Morgan fingerprint density at radius 3 is 2.76 bits per heavy atom. The number of hydrogen-bond donors (Lipinski definition) is 1. The summed E-state index contributed by atoms with van der Waals surface area (Å²) >= 11 is 1.24. The van der Waals surface area contributed by atoms with Crippen LogP contribution < -0.4 is 24.4 Å². The van der Waals surface area contributed by atoms with Crippen LogP contribution in [0.1, 0.15) is 31.0 Å². The highest BCUT2D eigenvalue weighted by Crippen LogP contribution is 2.38. The highest BCUT2D eigenvalue weighted by molar-refractivity contribution is 7.07. The van der Waals surface area contributed by atoms with E-state index in [2.05, 4.69) is 4.99 Å². The molecule has 0 bridgehead atoms. The Balaban J connectivity index is 1.72. The first kappa shape index (κ1) is 21.0. The number of ether oxygens (including phenoxy) is 3. The Morgan fingerprint density at radius 1 is 1.24 bits per heavy atom. The van der Waals surface area contributed by atoms with E-state index < -0.39 is 12.0 Å². The molecule has 168 valence electrons. The van der Waals surface area contributed by atoms with Gasteiger partial charge in [-0.1, -0.05) is 29.5 Å². The minimum absolute atomic E-state index is 0.119. The molecule has 0 fully saturated rings. The molecule has 2 aromatic carbocycles. The van der Waals surface area contributed by atoms with Gasteiger partial charge in [-0.2, -0.15) is 0 Å². The first-order chi connectivity index (χ1) is 16.0. The Morgan fingerprint density at radius 2 is 2.00 bits per heavy atom. The van der Waals surface area contributed by atoms with Crippen LogP contribution in [0, 0.1) is 0 Å². The lowest BCUT2D eigenvalue weighted by molar-refractivity contribution is -0.139. The Labute approximate surface area is 192 Å². The molecule has 2 aliphatic rings. The molecule has 0 amide bonds. The number of phenolic OH excluding ortho intramolecular Hbond substituents is 1. The van der Waals surface area contributed by atoms with E-state index in [1.54, 1.807) is 56.3 Å². The van der Waals surface area contributed by atoms with E-state index in [1.165, 1.54) is 15.9 Å². The lowest BCUT2D eigenvalue weighted by Crippen LogP contribution is -2.39. The number of thiazole rings is 1. The molecule has 5 rings (SSSR count). The SMILES string of the molecule is CCOC(=O)C1=C(C)N=c2s/c(=C\c3ccc(O)cc3)c(=O)n2C1c1ccc2c(c1)OCO2. The zero-order chi connectivity index (χ0) is 23.1. The summed E-state index contributed by atoms with van der Waals surface area (Å²) in [4.78, 5) is 31.5. The van der Waals surface area contributed by atoms with Gasteiger partial charge in [0, 0.05) is 0 Å². The third-order valence-corrected chi connectivity index (χ3v) is 6.40. The molecule has 2 aliphatic heterocycles. The van der Waals surface area contributed by atoms with Crippen LogP contribution in [0.4, 0.5) is 0 Å². The van der Waals surface area contributed by atoms with E-state index in [0.29, 0.717) is 37.7 Å². The van der Waals surface area contributed by atoms with E-state index in [0.717, 1.165) is 5.56 Å². The molecule has 1 N–H and O–H groups in total. The highest BCUT2D eigenvalue weighted by Gasteiger charge is 2.34. The van der Waals surface area contributed by atoms with Gasteiger partial charge in [0.25, 0.3) is 5.56 Å². The standard InChI is InChI=1S/C24H20N2O6S/c1-3-30-23(29)20-13(2)25-24-26(21(20)15-6-9-17-18(11-15)32-12-31-17)22(28)19(33-24)10-14-4-7-16(27)8-5-14/h4-11,21,27H,3,12H2,1-2H3/b19-10-. The average molecular weight is 464 g/mol. The molecule has 0 saturated carbocycles. The number of benzene rings is 2. The van der Waals surface area contributed by atoms with Gasteiger partial charge in [0.1, 0.15) is 5.75 Å².